The number of hydrogen-bond donors (Lipinski definition) is 2. The maximum atomic E-state index is 11.2. The molecule has 21 heavy (non-hydrogen) atoms. The number of rotatable bonds is 5. The monoisotopic (exact) mass is 306 g/mol. The molecule has 8 heteroatoms. The standard InChI is InChI=1S/C13H18N6OS/c1-7-5-8(2)19(18-7)11-6-10(15-9(3)12(14)20)16-13(17-11)21-4/h5-6,9H,1-4H3,(H2,14,20)(H,15,16,17). The molecule has 2 heterocycles. The molecule has 0 aliphatic rings. The lowest BCUT2D eigenvalue weighted by molar-refractivity contribution is -0.118. The van der Waals surface area contributed by atoms with Crippen LogP contribution in [-0.2, 0) is 4.79 Å². The van der Waals surface area contributed by atoms with Crippen LogP contribution in [0.25, 0.3) is 5.82 Å². The SMILES string of the molecule is CSc1nc(NC(C)C(N)=O)cc(-n2nc(C)cc2C)n1. The summed E-state index contributed by atoms with van der Waals surface area (Å²) in [5.74, 6) is 0.759. The van der Waals surface area contributed by atoms with E-state index in [0.29, 0.717) is 16.8 Å². The Morgan fingerprint density at radius 2 is 2.10 bits per heavy atom. The fourth-order valence-electron chi connectivity index (χ4n) is 1.84. The Bertz CT molecular complexity index is 669. The van der Waals surface area contributed by atoms with Gasteiger partial charge in [-0.3, -0.25) is 4.79 Å². The lowest BCUT2D eigenvalue weighted by Crippen LogP contribution is -2.32. The van der Waals surface area contributed by atoms with Crippen LogP contribution in [0.5, 0.6) is 0 Å². The van der Waals surface area contributed by atoms with Crippen LogP contribution in [0.3, 0.4) is 0 Å². The Kier molecular flexibility index (Phi) is 4.46. The first-order valence-corrected chi connectivity index (χ1v) is 7.65. The van der Waals surface area contributed by atoms with Crippen molar-refractivity contribution < 1.29 is 4.79 Å². The van der Waals surface area contributed by atoms with Crippen molar-refractivity contribution in [2.45, 2.75) is 32.0 Å². The van der Waals surface area contributed by atoms with Crippen molar-refractivity contribution in [1.82, 2.24) is 19.7 Å². The van der Waals surface area contributed by atoms with Gasteiger partial charge in [0.2, 0.25) is 5.91 Å². The van der Waals surface area contributed by atoms with Crippen LogP contribution in [0.4, 0.5) is 5.82 Å². The number of amides is 1. The Morgan fingerprint density at radius 1 is 1.38 bits per heavy atom. The molecule has 2 rings (SSSR count). The Labute approximate surface area is 127 Å². The minimum Gasteiger partial charge on any atom is -0.368 e. The minimum atomic E-state index is -0.511. The molecular formula is C13H18N6OS. The van der Waals surface area contributed by atoms with Crippen LogP contribution in [0, 0.1) is 13.8 Å². The number of nitrogens with one attached hydrogen (secondary N) is 1. The summed E-state index contributed by atoms with van der Waals surface area (Å²) in [5, 5.41) is 7.98. The fourth-order valence-corrected chi connectivity index (χ4v) is 2.21. The normalized spacial score (nSPS) is 12.2. The summed E-state index contributed by atoms with van der Waals surface area (Å²) in [5.41, 5.74) is 7.16. The summed E-state index contributed by atoms with van der Waals surface area (Å²) in [6, 6.07) is 3.21. The molecule has 2 aromatic heterocycles. The average molecular weight is 306 g/mol. The average Bonchev–Trinajstić information content (AvgIpc) is 2.77. The van der Waals surface area contributed by atoms with E-state index in [-0.39, 0.29) is 0 Å². The highest BCUT2D eigenvalue weighted by molar-refractivity contribution is 7.98. The number of aromatic nitrogens is 4. The van der Waals surface area contributed by atoms with Crippen LogP contribution in [0.2, 0.25) is 0 Å². The van der Waals surface area contributed by atoms with Crippen molar-refractivity contribution in [1.29, 1.82) is 0 Å². The van der Waals surface area contributed by atoms with Gasteiger partial charge in [-0.05, 0) is 33.1 Å². The summed E-state index contributed by atoms with van der Waals surface area (Å²) >= 11 is 1.42. The molecule has 112 valence electrons. The second kappa shape index (κ2) is 6.13. The number of carbonyl (C=O) groups is 1. The van der Waals surface area contributed by atoms with E-state index in [1.54, 1.807) is 17.7 Å². The number of anilines is 1. The molecule has 1 unspecified atom stereocenters. The van der Waals surface area contributed by atoms with Gasteiger partial charge >= 0.3 is 0 Å². The van der Waals surface area contributed by atoms with E-state index in [1.165, 1.54) is 11.8 Å². The zero-order valence-electron chi connectivity index (χ0n) is 12.4. The van der Waals surface area contributed by atoms with Crippen molar-refractivity contribution in [3.05, 3.63) is 23.5 Å². The summed E-state index contributed by atoms with van der Waals surface area (Å²) in [6.45, 7) is 5.57. The van der Waals surface area contributed by atoms with Gasteiger partial charge in [0.15, 0.2) is 11.0 Å². The third-order valence-electron chi connectivity index (χ3n) is 2.89. The Hall–Kier alpha value is -2.09. The number of aryl methyl sites for hydroxylation is 2. The van der Waals surface area contributed by atoms with Gasteiger partial charge in [0.1, 0.15) is 11.9 Å². The molecule has 3 N–H and O–H groups in total. The maximum Gasteiger partial charge on any atom is 0.239 e. The molecular weight excluding hydrogens is 288 g/mol. The van der Waals surface area contributed by atoms with E-state index in [9.17, 15) is 4.79 Å². The van der Waals surface area contributed by atoms with E-state index in [4.69, 9.17) is 5.73 Å². The Morgan fingerprint density at radius 3 is 2.62 bits per heavy atom. The molecule has 0 fully saturated rings. The smallest absolute Gasteiger partial charge is 0.239 e. The molecule has 0 radical (unpaired) electrons. The molecule has 7 nitrogen and oxygen atoms in total. The molecule has 0 saturated carbocycles. The van der Waals surface area contributed by atoms with Crippen molar-refractivity contribution in [3.63, 3.8) is 0 Å². The highest BCUT2D eigenvalue weighted by Crippen LogP contribution is 2.18. The van der Waals surface area contributed by atoms with Crippen LogP contribution in [0.1, 0.15) is 18.3 Å². The van der Waals surface area contributed by atoms with Crippen molar-refractivity contribution in [3.8, 4) is 5.82 Å². The van der Waals surface area contributed by atoms with Crippen LogP contribution in [0.15, 0.2) is 17.3 Å². The number of hydrogen-bond acceptors (Lipinski definition) is 6. The topological polar surface area (TPSA) is 98.7 Å². The van der Waals surface area contributed by atoms with Gasteiger partial charge < -0.3 is 11.1 Å². The first-order chi connectivity index (χ1) is 9.90. The first-order valence-electron chi connectivity index (χ1n) is 6.43. The molecule has 1 amide bonds. The second-order valence-electron chi connectivity index (χ2n) is 4.71. The molecule has 0 aliphatic heterocycles. The number of thioether (sulfide) groups is 1. The van der Waals surface area contributed by atoms with Gasteiger partial charge in [-0.1, -0.05) is 11.8 Å². The molecule has 0 bridgehead atoms. The predicted molar refractivity (Wildman–Crippen MR) is 82.7 cm³/mol. The van der Waals surface area contributed by atoms with Crippen LogP contribution >= 0.6 is 11.8 Å². The summed E-state index contributed by atoms with van der Waals surface area (Å²) in [7, 11) is 0. The summed E-state index contributed by atoms with van der Waals surface area (Å²) in [4.78, 5) is 19.9. The van der Waals surface area contributed by atoms with Crippen molar-refractivity contribution in [2.75, 3.05) is 11.6 Å². The number of nitrogens with two attached hydrogens (primary N) is 1. The number of carbonyl (C=O) groups excluding carboxylic acids is 1. The van der Waals surface area contributed by atoms with E-state index < -0.39 is 11.9 Å². The summed E-state index contributed by atoms with van der Waals surface area (Å²) < 4.78 is 1.75. The third-order valence-corrected chi connectivity index (χ3v) is 3.44. The van der Waals surface area contributed by atoms with Crippen molar-refractivity contribution in [2.24, 2.45) is 5.73 Å². The van der Waals surface area contributed by atoms with E-state index in [1.807, 2.05) is 26.2 Å². The second-order valence-corrected chi connectivity index (χ2v) is 5.48. The molecule has 0 spiro atoms. The molecule has 0 aromatic carbocycles. The molecule has 2 aromatic rings. The van der Waals surface area contributed by atoms with Crippen LogP contribution < -0.4 is 11.1 Å². The van der Waals surface area contributed by atoms with Gasteiger partial charge in [-0.25, -0.2) is 14.6 Å². The predicted octanol–water partition coefficient (Wildman–Crippen LogP) is 1.29. The van der Waals surface area contributed by atoms with Crippen LogP contribution in [-0.4, -0.2) is 38.0 Å². The summed E-state index contributed by atoms with van der Waals surface area (Å²) in [6.07, 6.45) is 1.89. The van der Waals surface area contributed by atoms with E-state index in [2.05, 4.69) is 20.4 Å². The minimum absolute atomic E-state index is 0.438. The molecule has 0 saturated heterocycles. The third kappa shape index (κ3) is 3.52. The lowest BCUT2D eigenvalue weighted by Gasteiger charge is -2.13. The van der Waals surface area contributed by atoms with Gasteiger partial charge in [-0.15, -0.1) is 0 Å². The zero-order chi connectivity index (χ0) is 15.6. The fraction of sp³-hybridized carbons (Fsp3) is 0.385. The quantitative estimate of drug-likeness (QED) is 0.638. The van der Waals surface area contributed by atoms with Gasteiger partial charge in [0.05, 0.1) is 5.69 Å². The largest absolute Gasteiger partial charge is 0.368 e. The molecule has 0 aliphatic carbocycles. The number of primary amides is 1. The highest BCUT2D eigenvalue weighted by atomic mass is 32.2. The van der Waals surface area contributed by atoms with Gasteiger partial charge in [0, 0.05) is 11.8 Å². The van der Waals surface area contributed by atoms with Crippen molar-refractivity contribution >= 4 is 23.5 Å². The van der Waals surface area contributed by atoms with E-state index >= 15 is 0 Å². The van der Waals surface area contributed by atoms with E-state index in [0.717, 1.165) is 11.4 Å². The maximum absolute atomic E-state index is 11.2. The zero-order valence-corrected chi connectivity index (χ0v) is 13.2. The Balaban J connectivity index is 2.42. The van der Waals surface area contributed by atoms with Gasteiger partial charge in [0.25, 0.3) is 0 Å². The number of nitrogens with zero attached hydrogens (tertiary/aromatic N) is 4. The highest BCUT2D eigenvalue weighted by Gasteiger charge is 2.13. The molecule has 1 atom stereocenters. The van der Waals surface area contributed by atoms with Gasteiger partial charge in [-0.2, -0.15) is 5.10 Å². The lowest BCUT2D eigenvalue weighted by atomic mass is 10.3. The first kappa shape index (κ1) is 15.3.